The Hall–Kier alpha value is -0.480. The standard InChI is InChI=1S/C10H12BrNOS/c1-7-8(11)3-2-4-9(7)12-10(13)5-6-14/h2-4,14H,5-6H2,1H3,(H,12,13). The molecular formula is C10H12BrNOS. The molecule has 1 aromatic carbocycles. The summed E-state index contributed by atoms with van der Waals surface area (Å²) in [6.07, 6.45) is 0.440. The molecular weight excluding hydrogens is 262 g/mol. The van der Waals surface area contributed by atoms with Gasteiger partial charge in [0.15, 0.2) is 0 Å². The Bertz CT molecular complexity index is 341. The summed E-state index contributed by atoms with van der Waals surface area (Å²) in [6.45, 7) is 1.96. The summed E-state index contributed by atoms with van der Waals surface area (Å²) < 4.78 is 1.00. The van der Waals surface area contributed by atoms with Crippen molar-refractivity contribution < 1.29 is 4.79 Å². The first kappa shape index (κ1) is 11.6. The predicted octanol–water partition coefficient (Wildman–Crippen LogP) is 3.02. The Morgan fingerprint density at radius 2 is 2.29 bits per heavy atom. The van der Waals surface area contributed by atoms with Gasteiger partial charge in [-0.3, -0.25) is 4.79 Å². The highest BCUT2D eigenvalue weighted by atomic mass is 79.9. The zero-order valence-corrected chi connectivity index (χ0v) is 10.4. The molecule has 4 heteroatoms. The lowest BCUT2D eigenvalue weighted by Crippen LogP contribution is -2.12. The van der Waals surface area contributed by atoms with Crippen LogP contribution in [-0.2, 0) is 4.79 Å². The van der Waals surface area contributed by atoms with E-state index < -0.39 is 0 Å². The number of hydrogen-bond acceptors (Lipinski definition) is 2. The van der Waals surface area contributed by atoms with Crippen molar-refractivity contribution in [3.8, 4) is 0 Å². The van der Waals surface area contributed by atoms with Crippen molar-refractivity contribution >= 4 is 40.2 Å². The van der Waals surface area contributed by atoms with Crippen LogP contribution in [0.1, 0.15) is 12.0 Å². The lowest BCUT2D eigenvalue weighted by Gasteiger charge is -2.08. The molecule has 1 aromatic rings. The number of rotatable bonds is 3. The van der Waals surface area contributed by atoms with Crippen molar-refractivity contribution in [3.63, 3.8) is 0 Å². The molecule has 0 radical (unpaired) electrons. The molecule has 0 saturated heterocycles. The van der Waals surface area contributed by atoms with Crippen molar-refractivity contribution in [1.82, 2.24) is 0 Å². The van der Waals surface area contributed by atoms with Crippen LogP contribution in [0.5, 0.6) is 0 Å². The van der Waals surface area contributed by atoms with Gasteiger partial charge in [0.25, 0.3) is 0 Å². The summed E-state index contributed by atoms with van der Waals surface area (Å²) in [5.41, 5.74) is 1.89. The van der Waals surface area contributed by atoms with Crippen LogP contribution >= 0.6 is 28.6 Å². The maximum Gasteiger partial charge on any atom is 0.225 e. The first-order valence-corrected chi connectivity index (χ1v) is 5.73. The molecule has 0 aliphatic rings. The zero-order chi connectivity index (χ0) is 10.6. The van der Waals surface area contributed by atoms with E-state index in [-0.39, 0.29) is 5.91 Å². The van der Waals surface area contributed by atoms with Crippen LogP contribution in [0.2, 0.25) is 0 Å². The number of carbonyl (C=O) groups excluding carboxylic acids is 1. The maximum atomic E-state index is 11.3. The van der Waals surface area contributed by atoms with Crippen molar-refractivity contribution in [2.75, 3.05) is 11.1 Å². The monoisotopic (exact) mass is 273 g/mol. The van der Waals surface area contributed by atoms with E-state index in [9.17, 15) is 4.79 Å². The molecule has 0 unspecified atom stereocenters. The topological polar surface area (TPSA) is 29.1 Å². The fraction of sp³-hybridized carbons (Fsp3) is 0.300. The van der Waals surface area contributed by atoms with Gasteiger partial charge in [-0.05, 0) is 30.4 Å². The SMILES string of the molecule is Cc1c(Br)cccc1NC(=O)CCS. The van der Waals surface area contributed by atoms with E-state index in [2.05, 4.69) is 33.9 Å². The number of thiol groups is 1. The van der Waals surface area contributed by atoms with Gasteiger partial charge in [-0.1, -0.05) is 22.0 Å². The number of amides is 1. The van der Waals surface area contributed by atoms with Gasteiger partial charge in [-0.15, -0.1) is 0 Å². The molecule has 1 amide bonds. The second-order valence-corrected chi connectivity index (χ2v) is 4.24. The highest BCUT2D eigenvalue weighted by Gasteiger charge is 2.04. The predicted molar refractivity (Wildman–Crippen MR) is 66.0 cm³/mol. The molecule has 0 heterocycles. The van der Waals surface area contributed by atoms with E-state index in [0.29, 0.717) is 12.2 Å². The molecule has 1 N–H and O–H groups in total. The molecule has 0 spiro atoms. The maximum absolute atomic E-state index is 11.3. The molecule has 76 valence electrons. The fourth-order valence-electron chi connectivity index (χ4n) is 1.06. The highest BCUT2D eigenvalue weighted by molar-refractivity contribution is 9.10. The highest BCUT2D eigenvalue weighted by Crippen LogP contribution is 2.23. The van der Waals surface area contributed by atoms with E-state index in [0.717, 1.165) is 15.7 Å². The summed E-state index contributed by atoms with van der Waals surface area (Å²) in [5.74, 6) is 0.569. The molecule has 0 saturated carbocycles. The van der Waals surface area contributed by atoms with Crippen LogP contribution in [0.4, 0.5) is 5.69 Å². The first-order valence-electron chi connectivity index (χ1n) is 4.31. The van der Waals surface area contributed by atoms with Crippen molar-refractivity contribution in [1.29, 1.82) is 0 Å². The summed E-state index contributed by atoms with van der Waals surface area (Å²) in [7, 11) is 0. The van der Waals surface area contributed by atoms with Gasteiger partial charge in [-0.25, -0.2) is 0 Å². The minimum Gasteiger partial charge on any atom is -0.326 e. The van der Waals surface area contributed by atoms with E-state index in [4.69, 9.17) is 0 Å². The number of carbonyl (C=O) groups is 1. The average molecular weight is 274 g/mol. The molecule has 0 fully saturated rings. The van der Waals surface area contributed by atoms with Crippen LogP contribution in [-0.4, -0.2) is 11.7 Å². The van der Waals surface area contributed by atoms with Gasteiger partial charge < -0.3 is 5.32 Å². The van der Waals surface area contributed by atoms with E-state index in [1.165, 1.54) is 0 Å². The molecule has 14 heavy (non-hydrogen) atoms. The normalized spacial score (nSPS) is 9.93. The third-order valence-electron chi connectivity index (χ3n) is 1.88. The van der Waals surface area contributed by atoms with Crippen LogP contribution in [0.15, 0.2) is 22.7 Å². The largest absolute Gasteiger partial charge is 0.326 e. The number of nitrogens with one attached hydrogen (secondary N) is 1. The van der Waals surface area contributed by atoms with E-state index in [1.807, 2.05) is 25.1 Å². The molecule has 0 aliphatic carbocycles. The fourth-order valence-corrected chi connectivity index (χ4v) is 1.63. The molecule has 0 atom stereocenters. The lowest BCUT2D eigenvalue weighted by molar-refractivity contribution is -0.115. The smallest absolute Gasteiger partial charge is 0.225 e. The first-order chi connectivity index (χ1) is 6.65. The van der Waals surface area contributed by atoms with Crippen LogP contribution in [0.25, 0.3) is 0 Å². The Morgan fingerprint density at radius 1 is 1.57 bits per heavy atom. The average Bonchev–Trinajstić information content (AvgIpc) is 2.13. The van der Waals surface area contributed by atoms with Gasteiger partial charge in [-0.2, -0.15) is 12.6 Å². The Balaban J connectivity index is 2.76. The summed E-state index contributed by atoms with van der Waals surface area (Å²) in [6, 6.07) is 5.73. The Morgan fingerprint density at radius 3 is 2.93 bits per heavy atom. The third kappa shape index (κ3) is 3.03. The second-order valence-electron chi connectivity index (χ2n) is 2.93. The minimum atomic E-state index is 0.00111. The van der Waals surface area contributed by atoms with Crippen LogP contribution in [0, 0.1) is 6.92 Å². The van der Waals surface area contributed by atoms with Gasteiger partial charge in [0.05, 0.1) is 0 Å². The Labute approximate surface area is 97.6 Å². The minimum absolute atomic E-state index is 0.00111. The summed E-state index contributed by atoms with van der Waals surface area (Å²) >= 11 is 7.41. The second kappa shape index (κ2) is 5.41. The molecule has 0 aliphatic heterocycles. The van der Waals surface area contributed by atoms with Crippen molar-refractivity contribution in [2.45, 2.75) is 13.3 Å². The summed E-state index contributed by atoms with van der Waals surface area (Å²) in [4.78, 5) is 11.3. The lowest BCUT2D eigenvalue weighted by atomic mass is 10.2. The number of anilines is 1. The third-order valence-corrected chi connectivity index (χ3v) is 2.96. The van der Waals surface area contributed by atoms with E-state index >= 15 is 0 Å². The van der Waals surface area contributed by atoms with Crippen molar-refractivity contribution in [2.24, 2.45) is 0 Å². The summed E-state index contributed by atoms with van der Waals surface area (Å²) in [5, 5.41) is 2.83. The van der Waals surface area contributed by atoms with Crippen LogP contribution < -0.4 is 5.32 Å². The van der Waals surface area contributed by atoms with Gasteiger partial charge in [0, 0.05) is 16.6 Å². The molecule has 0 bridgehead atoms. The Kier molecular flexibility index (Phi) is 4.48. The van der Waals surface area contributed by atoms with Gasteiger partial charge in [0.1, 0.15) is 0 Å². The number of halogens is 1. The zero-order valence-electron chi connectivity index (χ0n) is 7.88. The molecule has 0 aromatic heterocycles. The van der Waals surface area contributed by atoms with E-state index in [1.54, 1.807) is 0 Å². The van der Waals surface area contributed by atoms with Crippen molar-refractivity contribution in [3.05, 3.63) is 28.2 Å². The van der Waals surface area contributed by atoms with Gasteiger partial charge >= 0.3 is 0 Å². The number of benzene rings is 1. The molecule has 2 nitrogen and oxygen atoms in total. The van der Waals surface area contributed by atoms with Crippen LogP contribution in [0.3, 0.4) is 0 Å². The van der Waals surface area contributed by atoms with Gasteiger partial charge in [0.2, 0.25) is 5.91 Å². The number of hydrogen-bond donors (Lipinski definition) is 2. The molecule has 1 rings (SSSR count). The quantitative estimate of drug-likeness (QED) is 0.815.